The van der Waals surface area contributed by atoms with Crippen LogP contribution in [0, 0.1) is 0 Å². The maximum absolute atomic E-state index is 12.1. The highest BCUT2D eigenvalue weighted by Crippen LogP contribution is 2.10. The van der Waals surface area contributed by atoms with Crippen molar-refractivity contribution < 1.29 is 14.3 Å². The summed E-state index contributed by atoms with van der Waals surface area (Å²) in [5.74, 6) is -0.244. The third-order valence-electron chi connectivity index (χ3n) is 3.18. The first-order chi connectivity index (χ1) is 11.1. The number of anilines is 1. The Morgan fingerprint density at radius 1 is 1.30 bits per heavy atom. The van der Waals surface area contributed by atoms with Crippen LogP contribution in [0.4, 0.5) is 5.69 Å². The number of carbonyl (C=O) groups excluding carboxylic acids is 2. The van der Waals surface area contributed by atoms with Crippen molar-refractivity contribution in [2.24, 2.45) is 0 Å². The molecule has 1 heterocycles. The van der Waals surface area contributed by atoms with Gasteiger partial charge in [0, 0.05) is 23.5 Å². The Hall–Kier alpha value is -2.89. The number of nitrogens with one attached hydrogen (secondary N) is 2. The Kier molecular flexibility index (Phi) is 5.68. The molecule has 2 aromatic rings. The molecule has 6 nitrogen and oxygen atoms in total. The average molecular weight is 314 g/mol. The number of aromatic nitrogens is 1. The molecule has 0 saturated heterocycles. The minimum Gasteiger partial charge on any atom is -0.488 e. The molecule has 0 spiro atoms. The molecule has 0 saturated carbocycles. The van der Waals surface area contributed by atoms with E-state index >= 15 is 0 Å². The van der Waals surface area contributed by atoms with Gasteiger partial charge < -0.3 is 15.0 Å². The molecule has 0 aliphatic heterocycles. The number of H-pyrrole nitrogens is 1. The number of amides is 1. The molecule has 2 rings (SSSR count). The summed E-state index contributed by atoms with van der Waals surface area (Å²) in [5.41, 5.74) is 0.841. The SMILES string of the molecule is CCCCOc1c[nH]c(C(=O)Nc2ccc(C=O)cc2)cc1=O. The van der Waals surface area contributed by atoms with Gasteiger partial charge in [0.1, 0.15) is 12.0 Å². The van der Waals surface area contributed by atoms with Crippen molar-refractivity contribution in [1.29, 1.82) is 0 Å². The van der Waals surface area contributed by atoms with Crippen LogP contribution < -0.4 is 15.5 Å². The van der Waals surface area contributed by atoms with Gasteiger partial charge in [-0.25, -0.2) is 0 Å². The summed E-state index contributed by atoms with van der Waals surface area (Å²) in [6, 6.07) is 7.62. The molecular weight excluding hydrogens is 296 g/mol. The van der Waals surface area contributed by atoms with Crippen LogP contribution in [-0.4, -0.2) is 23.8 Å². The molecule has 0 fully saturated rings. The molecule has 0 aliphatic rings. The first-order valence-electron chi connectivity index (χ1n) is 7.36. The molecule has 1 aromatic carbocycles. The van der Waals surface area contributed by atoms with Crippen molar-refractivity contribution in [2.75, 3.05) is 11.9 Å². The zero-order chi connectivity index (χ0) is 16.7. The maximum Gasteiger partial charge on any atom is 0.272 e. The average Bonchev–Trinajstić information content (AvgIpc) is 2.57. The Labute approximate surface area is 133 Å². The van der Waals surface area contributed by atoms with Crippen LogP contribution in [0.15, 0.2) is 41.3 Å². The normalized spacial score (nSPS) is 10.1. The maximum atomic E-state index is 12.1. The van der Waals surface area contributed by atoms with Crippen molar-refractivity contribution in [3.05, 3.63) is 58.0 Å². The van der Waals surface area contributed by atoms with Crippen LogP contribution in [0.2, 0.25) is 0 Å². The number of rotatable bonds is 7. The molecule has 23 heavy (non-hydrogen) atoms. The molecule has 0 aliphatic carbocycles. The fourth-order valence-corrected chi connectivity index (χ4v) is 1.87. The first kappa shape index (κ1) is 16.5. The number of carbonyl (C=O) groups is 2. The number of hydrogen-bond acceptors (Lipinski definition) is 4. The number of benzene rings is 1. The van der Waals surface area contributed by atoms with E-state index in [2.05, 4.69) is 10.3 Å². The number of hydrogen-bond donors (Lipinski definition) is 2. The summed E-state index contributed by atoms with van der Waals surface area (Å²) in [6.45, 7) is 2.50. The summed E-state index contributed by atoms with van der Waals surface area (Å²) < 4.78 is 5.35. The second-order valence-corrected chi connectivity index (χ2v) is 4.97. The van der Waals surface area contributed by atoms with E-state index in [1.54, 1.807) is 24.3 Å². The lowest BCUT2D eigenvalue weighted by Gasteiger charge is -2.07. The Morgan fingerprint density at radius 2 is 2.04 bits per heavy atom. The molecule has 1 aromatic heterocycles. The highest BCUT2D eigenvalue weighted by molar-refractivity contribution is 6.02. The molecule has 0 unspecified atom stereocenters. The largest absolute Gasteiger partial charge is 0.488 e. The van der Waals surface area contributed by atoms with E-state index in [4.69, 9.17) is 4.74 Å². The van der Waals surface area contributed by atoms with E-state index in [0.717, 1.165) is 19.1 Å². The smallest absolute Gasteiger partial charge is 0.272 e. The van der Waals surface area contributed by atoms with E-state index in [0.29, 0.717) is 17.9 Å². The van der Waals surface area contributed by atoms with Gasteiger partial charge in [-0.1, -0.05) is 13.3 Å². The van der Waals surface area contributed by atoms with Crippen LogP contribution in [0.25, 0.3) is 0 Å². The van der Waals surface area contributed by atoms with E-state index < -0.39 is 5.91 Å². The minimum absolute atomic E-state index is 0.136. The monoisotopic (exact) mass is 314 g/mol. The van der Waals surface area contributed by atoms with Crippen molar-refractivity contribution in [1.82, 2.24) is 4.98 Å². The molecule has 6 heteroatoms. The number of aldehydes is 1. The van der Waals surface area contributed by atoms with Crippen LogP contribution in [0.3, 0.4) is 0 Å². The third kappa shape index (κ3) is 4.54. The summed E-state index contributed by atoms with van der Waals surface area (Å²) in [6.07, 6.45) is 3.95. The van der Waals surface area contributed by atoms with Crippen molar-refractivity contribution in [3.8, 4) is 5.75 Å². The molecule has 0 atom stereocenters. The van der Waals surface area contributed by atoms with Gasteiger partial charge in [0.05, 0.1) is 6.61 Å². The van der Waals surface area contributed by atoms with Gasteiger partial charge in [0.25, 0.3) is 5.91 Å². The highest BCUT2D eigenvalue weighted by atomic mass is 16.5. The predicted molar refractivity (Wildman–Crippen MR) is 87.2 cm³/mol. The topological polar surface area (TPSA) is 88.3 Å². The van der Waals surface area contributed by atoms with E-state index in [-0.39, 0.29) is 16.9 Å². The quantitative estimate of drug-likeness (QED) is 0.607. The van der Waals surface area contributed by atoms with E-state index in [1.807, 2.05) is 6.92 Å². The standard InChI is InChI=1S/C17H18N2O4/c1-2-3-8-23-16-10-18-14(9-15(16)21)17(22)19-13-6-4-12(11-20)5-7-13/h4-7,9-11H,2-3,8H2,1H3,(H,18,21)(H,19,22). The van der Waals surface area contributed by atoms with Gasteiger partial charge >= 0.3 is 0 Å². The zero-order valence-electron chi connectivity index (χ0n) is 12.8. The Balaban J connectivity index is 2.05. The molecule has 120 valence electrons. The number of aromatic amines is 1. The molecule has 2 N–H and O–H groups in total. The summed E-state index contributed by atoms with van der Waals surface area (Å²) in [7, 11) is 0. The number of ether oxygens (including phenoxy) is 1. The van der Waals surface area contributed by atoms with E-state index in [9.17, 15) is 14.4 Å². The van der Waals surface area contributed by atoms with Crippen LogP contribution in [-0.2, 0) is 0 Å². The fourth-order valence-electron chi connectivity index (χ4n) is 1.87. The fraction of sp³-hybridized carbons (Fsp3) is 0.235. The molecule has 0 radical (unpaired) electrons. The summed E-state index contributed by atoms with van der Waals surface area (Å²) in [4.78, 5) is 37.4. The van der Waals surface area contributed by atoms with Crippen LogP contribution in [0.5, 0.6) is 5.75 Å². The van der Waals surface area contributed by atoms with Crippen molar-refractivity contribution in [3.63, 3.8) is 0 Å². The lowest BCUT2D eigenvalue weighted by atomic mass is 10.2. The van der Waals surface area contributed by atoms with Gasteiger partial charge in [-0.15, -0.1) is 0 Å². The Bertz CT molecular complexity index is 735. The van der Waals surface area contributed by atoms with Crippen LogP contribution in [0.1, 0.15) is 40.6 Å². The van der Waals surface area contributed by atoms with Crippen molar-refractivity contribution in [2.45, 2.75) is 19.8 Å². The van der Waals surface area contributed by atoms with Crippen molar-refractivity contribution >= 4 is 17.9 Å². The second kappa shape index (κ2) is 7.93. The lowest BCUT2D eigenvalue weighted by Crippen LogP contribution is -2.18. The van der Waals surface area contributed by atoms with Gasteiger partial charge in [-0.3, -0.25) is 14.4 Å². The predicted octanol–water partition coefficient (Wildman–Crippen LogP) is 2.62. The molecule has 1 amide bonds. The number of unbranched alkanes of at least 4 members (excludes halogenated alkanes) is 1. The summed E-state index contributed by atoms with van der Waals surface area (Å²) in [5, 5.41) is 2.64. The van der Waals surface area contributed by atoms with E-state index in [1.165, 1.54) is 12.3 Å². The lowest BCUT2D eigenvalue weighted by molar-refractivity contribution is 0.102. The van der Waals surface area contributed by atoms with Gasteiger partial charge in [0.2, 0.25) is 5.43 Å². The zero-order valence-corrected chi connectivity index (χ0v) is 12.8. The number of pyridine rings is 1. The van der Waals surface area contributed by atoms with Gasteiger partial charge in [0.15, 0.2) is 5.75 Å². The minimum atomic E-state index is -0.443. The first-order valence-corrected chi connectivity index (χ1v) is 7.36. The molecule has 0 bridgehead atoms. The molecular formula is C17H18N2O4. The Morgan fingerprint density at radius 3 is 2.65 bits per heavy atom. The summed E-state index contributed by atoms with van der Waals surface area (Å²) >= 11 is 0. The van der Waals surface area contributed by atoms with Gasteiger partial charge in [-0.2, -0.15) is 0 Å². The second-order valence-electron chi connectivity index (χ2n) is 4.97. The van der Waals surface area contributed by atoms with Gasteiger partial charge in [-0.05, 0) is 30.7 Å². The van der Waals surface area contributed by atoms with Crippen LogP contribution >= 0.6 is 0 Å². The third-order valence-corrected chi connectivity index (χ3v) is 3.18. The highest BCUT2D eigenvalue weighted by Gasteiger charge is 2.10.